The Morgan fingerprint density at radius 2 is 1.82 bits per heavy atom. The van der Waals surface area contributed by atoms with E-state index in [2.05, 4.69) is 34.5 Å². The zero-order valence-electron chi connectivity index (χ0n) is 19.5. The number of carbonyl (C=O) groups excluding carboxylic acids is 1. The predicted molar refractivity (Wildman–Crippen MR) is 138 cm³/mol. The number of amides is 2. The summed E-state index contributed by atoms with van der Waals surface area (Å²) in [6, 6.07) is 4.94. The molecule has 7 heteroatoms. The number of β-amino-alcohol motifs (C(OH)–C–C–N with tert-alkyl or cyclic N) is 1. The third kappa shape index (κ3) is 4.94. The van der Waals surface area contributed by atoms with Gasteiger partial charge in [0, 0.05) is 30.7 Å². The SMILES string of the molecule is O=C(Nc1ccc(Cl)c(Cl)c1)N1CCC(C(O)CN2CCC3(C=CC4=CCCC=C43)CC2)CC1. The highest BCUT2D eigenvalue weighted by Crippen LogP contribution is 2.49. The van der Waals surface area contributed by atoms with Crippen LogP contribution in [0.25, 0.3) is 0 Å². The van der Waals surface area contributed by atoms with Crippen LogP contribution in [0.2, 0.25) is 10.0 Å². The number of urea groups is 1. The van der Waals surface area contributed by atoms with E-state index in [1.54, 1.807) is 23.8 Å². The number of carbonyl (C=O) groups is 1. The lowest BCUT2D eigenvalue weighted by atomic mass is 9.72. The molecule has 2 heterocycles. The number of hydrogen-bond acceptors (Lipinski definition) is 3. The zero-order valence-corrected chi connectivity index (χ0v) is 21.0. The van der Waals surface area contributed by atoms with E-state index in [1.165, 1.54) is 5.57 Å². The third-order valence-corrected chi connectivity index (χ3v) is 8.78. The maximum atomic E-state index is 12.6. The lowest BCUT2D eigenvalue weighted by Gasteiger charge is -2.42. The molecule has 1 aromatic rings. The summed E-state index contributed by atoms with van der Waals surface area (Å²) in [6.45, 7) is 4.06. The van der Waals surface area contributed by atoms with E-state index in [-0.39, 0.29) is 23.5 Å². The molecule has 2 N–H and O–H groups in total. The van der Waals surface area contributed by atoms with Crippen molar-refractivity contribution >= 4 is 34.9 Å². The molecule has 2 aliphatic carbocycles. The lowest BCUT2D eigenvalue weighted by molar-refractivity contribution is 0.0259. The Bertz CT molecular complexity index is 1020. The van der Waals surface area contributed by atoms with Gasteiger partial charge in [0.15, 0.2) is 0 Å². The largest absolute Gasteiger partial charge is 0.392 e. The fourth-order valence-corrected chi connectivity index (χ4v) is 6.23. The highest BCUT2D eigenvalue weighted by molar-refractivity contribution is 6.42. The molecule has 1 aromatic carbocycles. The van der Waals surface area contributed by atoms with Gasteiger partial charge in [-0.2, -0.15) is 0 Å². The number of nitrogens with one attached hydrogen (secondary N) is 1. The highest BCUT2D eigenvalue weighted by atomic mass is 35.5. The standard InChI is InChI=1S/C27H33Cl2N3O2/c28-23-6-5-21(17-24(23)29)30-26(34)32-13-8-20(9-14-32)25(33)18-31-15-11-27(12-16-31)10-7-19-3-1-2-4-22(19)27/h3-7,10,17,20,25,33H,1-2,8-9,11-16,18H2,(H,30,34). The Morgan fingerprint density at radius 1 is 1.09 bits per heavy atom. The Kier molecular flexibility index (Phi) is 7.08. The molecule has 2 amide bonds. The molecule has 0 radical (unpaired) electrons. The fourth-order valence-electron chi connectivity index (χ4n) is 5.93. The van der Waals surface area contributed by atoms with Crippen LogP contribution >= 0.6 is 23.2 Å². The quantitative estimate of drug-likeness (QED) is 0.540. The second kappa shape index (κ2) is 10.1. The van der Waals surface area contributed by atoms with Crippen molar-refractivity contribution in [3.8, 4) is 0 Å². The van der Waals surface area contributed by atoms with E-state index in [0.29, 0.717) is 28.8 Å². The molecule has 5 rings (SSSR count). The molecule has 2 saturated heterocycles. The maximum absolute atomic E-state index is 12.6. The Hall–Kier alpha value is -1.79. The van der Waals surface area contributed by atoms with Crippen LogP contribution in [0.1, 0.15) is 38.5 Å². The number of likely N-dealkylation sites (tertiary alicyclic amines) is 2. The molecule has 1 unspecified atom stereocenters. The van der Waals surface area contributed by atoms with Crippen LogP contribution in [0.4, 0.5) is 10.5 Å². The first-order chi connectivity index (χ1) is 16.4. The minimum atomic E-state index is -0.349. The first kappa shape index (κ1) is 23.9. The van der Waals surface area contributed by atoms with Gasteiger partial charge in [-0.1, -0.05) is 47.5 Å². The number of fused-ring (bicyclic) bond motifs is 2. The van der Waals surface area contributed by atoms with Crippen LogP contribution in [-0.4, -0.2) is 59.8 Å². The van der Waals surface area contributed by atoms with Crippen molar-refractivity contribution in [2.75, 3.05) is 38.0 Å². The minimum absolute atomic E-state index is 0.136. The highest BCUT2D eigenvalue weighted by Gasteiger charge is 2.40. The van der Waals surface area contributed by atoms with Crippen LogP contribution in [0.15, 0.2) is 53.6 Å². The normalized spacial score (nSPS) is 23.4. The van der Waals surface area contributed by atoms with Crippen molar-refractivity contribution in [3.63, 3.8) is 0 Å². The molecule has 1 atom stereocenters. The molecule has 0 aromatic heterocycles. The number of anilines is 1. The van der Waals surface area contributed by atoms with Gasteiger partial charge in [-0.15, -0.1) is 0 Å². The first-order valence-corrected chi connectivity index (χ1v) is 13.2. The second-order valence-electron chi connectivity index (χ2n) is 10.1. The van der Waals surface area contributed by atoms with Gasteiger partial charge in [-0.3, -0.25) is 0 Å². The summed E-state index contributed by atoms with van der Waals surface area (Å²) in [5.74, 6) is 0.229. The summed E-state index contributed by atoms with van der Waals surface area (Å²) in [6.07, 6.45) is 15.5. The first-order valence-electron chi connectivity index (χ1n) is 12.5. The monoisotopic (exact) mass is 501 g/mol. The molecule has 2 fully saturated rings. The van der Waals surface area contributed by atoms with Gasteiger partial charge < -0.3 is 20.2 Å². The third-order valence-electron chi connectivity index (χ3n) is 8.04. The van der Waals surface area contributed by atoms with Crippen molar-refractivity contribution in [2.45, 2.75) is 44.6 Å². The van der Waals surface area contributed by atoms with Crippen molar-refractivity contribution in [2.24, 2.45) is 11.3 Å². The number of allylic oxidation sites excluding steroid dienone is 6. The predicted octanol–water partition coefficient (Wildman–Crippen LogP) is 5.90. The molecular weight excluding hydrogens is 469 g/mol. The van der Waals surface area contributed by atoms with Crippen LogP contribution in [0.5, 0.6) is 0 Å². The number of halogens is 2. The number of hydrogen-bond donors (Lipinski definition) is 2. The van der Waals surface area contributed by atoms with E-state index >= 15 is 0 Å². The van der Waals surface area contributed by atoms with Gasteiger partial charge in [0.25, 0.3) is 0 Å². The fraction of sp³-hybridized carbons (Fsp3) is 0.519. The summed E-state index contributed by atoms with van der Waals surface area (Å²) in [5.41, 5.74) is 3.84. The van der Waals surface area contributed by atoms with Gasteiger partial charge in [0.2, 0.25) is 0 Å². The Labute approximate surface area is 212 Å². The molecule has 0 saturated carbocycles. The lowest BCUT2D eigenvalue weighted by Crippen LogP contribution is -2.47. The molecule has 182 valence electrons. The summed E-state index contributed by atoms with van der Waals surface area (Å²) < 4.78 is 0. The van der Waals surface area contributed by atoms with Crippen molar-refractivity contribution in [3.05, 3.63) is 63.7 Å². The number of aliphatic hydroxyl groups is 1. The second-order valence-corrected chi connectivity index (χ2v) is 10.9. The summed E-state index contributed by atoms with van der Waals surface area (Å²) >= 11 is 12.0. The molecule has 0 bridgehead atoms. The van der Waals surface area contributed by atoms with Crippen molar-refractivity contribution < 1.29 is 9.90 Å². The Morgan fingerprint density at radius 3 is 2.56 bits per heavy atom. The number of rotatable bonds is 4. The molecule has 1 spiro atoms. The van der Waals surface area contributed by atoms with Gasteiger partial charge >= 0.3 is 6.03 Å². The van der Waals surface area contributed by atoms with Crippen molar-refractivity contribution in [1.82, 2.24) is 9.80 Å². The van der Waals surface area contributed by atoms with Crippen LogP contribution in [0.3, 0.4) is 0 Å². The average Bonchev–Trinajstić information content (AvgIpc) is 3.21. The summed E-state index contributed by atoms with van der Waals surface area (Å²) in [4.78, 5) is 16.9. The van der Waals surface area contributed by atoms with E-state index in [0.717, 1.165) is 58.2 Å². The van der Waals surface area contributed by atoms with Gasteiger partial charge in [0.05, 0.1) is 16.1 Å². The summed E-state index contributed by atoms with van der Waals surface area (Å²) in [7, 11) is 0. The molecule has 5 nitrogen and oxygen atoms in total. The number of piperidine rings is 2. The van der Waals surface area contributed by atoms with Crippen molar-refractivity contribution in [1.29, 1.82) is 0 Å². The smallest absolute Gasteiger partial charge is 0.321 e. The van der Waals surface area contributed by atoms with Crippen LogP contribution in [0, 0.1) is 11.3 Å². The number of benzene rings is 1. The van der Waals surface area contributed by atoms with E-state index in [9.17, 15) is 9.90 Å². The van der Waals surface area contributed by atoms with Gasteiger partial charge in [-0.05, 0) is 86.9 Å². The van der Waals surface area contributed by atoms with E-state index in [1.807, 2.05) is 4.90 Å². The average molecular weight is 502 g/mol. The topological polar surface area (TPSA) is 55.8 Å². The van der Waals surface area contributed by atoms with Crippen LogP contribution < -0.4 is 5.32 Å². The molecule has 4 aliphatic rings. The molecule has 34 heavy (non-hydrogen) atoms. The van der Waals surface area contributed by atoms with E-state index in [4.69, 9.17) is 23.2 Å². The molecular formula is C27H33Cl2N3O2. The summed E-state index contributed by atoms with van der Waals surface area (Å²) in [5, 5.41) is 14.7. The zero-order chi connectivity index (χ0) is 23.7. The number of nitrogens with zero attached hydrogens (tertiary/aromatic N) is 2. The maximum Gasteiger partial charge on any atom is 0.321 e. The minimum Gasteiger partial charge on any atom is -0.392 e. The van der Waals surface area contributed by atoms with Gasteiger partial charge in [0.1, 0.15) is 0 Å². The molecule has 2 aliphatic heterocycles. The Balaban J connectivity index is 1.07. The van der Waals surface area contributed by atoms with E-state index < -0.39 is 0 Å². The van der Waals surface area contributed by atoms with Crippen LogP contribution in [-0.2, 0) is 0 Å². The number of aliphatic hydroxyl groups excluding tert-OH is 1. The van der Waals surface area contributed by atoms with Gasteiger partial charge in [-0.25, -0.2) is 4.79 Å².